The van der Waals surface area contributed by atoms with Crippen LogP contribution in [0.15, 0.2) is 22.7 Å². The van der Waals surface area contributed by atoms with E-state index in [0.717, 1.165) is 42.9 Å². The predicted octanol–water partition coefficient (Wildman–Crippen LogP) is 1.91. The van der Waals surface area contributed by atoms with Gasteiger partial charge in [-0.2, -0.15) is 0 Å². The van der Waals surface area contributed by atoms with Gasteiger partial charge in [-0.3, -0.25) is 9.78 Å². The summed E-state index contributed by atoms with van der Waals surface area (Å²) in [5, 5.41) is 7.58. The first kappa shape index (κ1) is 14.3. The number of amides is 1. The first-order valence-electron chi connectivity index (χ1n) is 8.95. The first-order chi connectivity index (χ1) is 11.8. The maximum Gasteiger partial charge on any atom is 0.270 e. The summed E-state index contributed by atoms with van der Waals surface area (Å²) < 4.78 is 5.96. The number of hydrogen-bond donors (Lipinski definition) is 2. The third-order valence-electron chi connectivity index (χ3n) is 5.72. The molecule has 0 aromatic carbocycles. The molecule has 5 rings (SSSR count). The molecule has 2 N–H and O–H groups in total. The highest BCUT2D eigenvalue weighted by molar-refractivity contribution is 5.95. The maximum absolute atomic E-state index is 12.5. The van der Waals surface area contributed by atoms with E-state index in [1.807, 2.05) is 6.07 Å². The van der Waals surface area contributed by atoms with E-state index in [2.05, 4.69) is 20.5 Å². The average molecular weight is 326 g/mol. The van der Waals surface area contributed by atoms with Crippen molar-refractivity contribution >= 4 is 22.8 Å². The number of piperidine rings is 1. The van der Waals surface area contributed by atoms with Crippen LogP contribution in [0.5, 0.6) is 0 Å². The van der Waals surface area contributed by atoms with Crippen LogP contribution in [0.4, 0.5) is 5.88 Å². The van der Waals surface area contributed by atoms with Crippen LogP contribution in [0.3, 0.4) is 0 Å². The zero-order valence-electron chi connectivity index (χ0n) is 13.6. The molecule has 2 aromatic rings. The lowest BCUT2D eigenvalue weighted by Crippen LogP contribution is -2.44. The number of nitrogens with zero attached hydrogens (tertiary/aromatic N) is 2. The Morgan fingerprint density at radius 1 is 1.29 bits per heavy atom. The van der Waals surface area contributed by atoms with E-state index < -0.39 is 0 Å². The Balaban J connectivity index is 1.35. The molecular weight excluding hydrogens is 304 g/mol. The third-order valence-corrected chi connectivity index (χ3v) is 5.72. The Morgan fingerprint density at radius 2 is 2.17 bits per heavy atom. The SMILES string of the molecule is O=C(NC1CC2CC1CN2)c1cc2oc(N3CCCC3)cc2cn1. The highest BCUT2D eigenvalue weighted by Crippen LogP contribution is 2.32. The number of anilines is 1. The van der Waals surface area contributed by atoms with Crippen LogP contribution >= 0.6 is 0 Å². The summed E-state index contributed by atoms with van der Waals surface area (Å²) in [5.41, 5.74) is 1.19. The van der Waals surface area contributed by atoms with E-state index >= 15 is 0 Å². The second kappa shape index (κ2) is 5.48. The molecule has 3 fully saturated rings. The lowest BCUT2D eigenvalue weighted by molar-refractivity contribution is 0.0920. The zero-order valence-corrected chi connectivity index (χ0v) is 13.6. The van der Waals surface area contributed by atoms with Gasteiger partial charge < -0.3 is 20.0 Å². The number of carbonyl (C=O) groups is 1. The number of carbonyl (C=O) groups excluding carboxylic acids is 1. The van der Waals surface area contributed by atoms with Crippen molar-refractivity contribution in [2.24, 2.45) is 5.92 Å². The Kier molecular flexibility index (Phi) is 3.26. The smallest absolute Gasteiger partial charge is 0.270 e. The van der Waals surface area contributed by atoms with Gasteiger partial charge in [0.2, 0.25) is 0 Å². The normalized spacial score (nSPS) is 28.8. The van der Waals surface area contributed by atoms with Crippen LogP contribution in [0, 0.1) is 5.92 Å². The molecule has 2 aliphatic heterocycles. The molecule has 0 spiro atoms. The van der Waals surface area contributed by atoms with Crippen LogP contribution < -0.4 is 15.5 Å². The summed E-state index contributed by atoms with van der Waals surface area (Å²) in [6, 6.07) is 4.65. The molecule has 1 aliphatic carbocycles. The van der Waals surface area contributed by atoms with Crippen molar-refractivity contribution in [3.63, 3.8) is 0 Å². The largest absolute Gasteiger partial charge is 0.440 e. The van der Waals surface area contributed by atoms with Crippen LogP contribution in [0.1, 0.15) is 36.2 Å². The minimum Gasteiger partial charge on any atom is -0.440 e. The molecule has 4 heterocycles. The van der Waals surface area contributed by atoms with E-state index in [1.54, 1.807) is 12.3 Å². The highest BCUT2D eigenvalue weighted by Gasteiger charge is 2.40. The molecule has 0 radical (unpaired) electrons. The second-order valence-electron chi connectivity index (χ2n) is 7.30. The molecule has 3 atom stereocenters. The van der Waals surface area contributed by atoms with E-state index in [0.29, 0.717) is 17.7 Å². The number of nitrogens with one attached hydrogen (secondary N) is 2. The van der Waals surface area contributed by atoms with Crippen molar-refractivity contribution in [2.45, 2.75) is 37.8 Å². The van der Waals surface area contributed by atoms with Gasteiger partial charge in [-0.05, 0) is 31.6 Å². The number of rotatable bonds is 3. The summed E-state index contributed by atoms with van der Waals surface area (Å²) in [5.74, 6) is 1.36. The van der Waals surface area contributed by atoms with Crippen LogP contribution in [0.2, 0.25) is 0 Å². The Morgan fingerprint density at radius 3 is 2.92 bits per heavy atom. The molecule has 3 aliphatic rings. The zero-order chi connectivity index (χ0) is 16.1. The van der Waals surface area contributed by atoms with Gasteiger partial charge in [-0.25, -0.2) is 0 Å². The lowest BCUT2D eigenvalue weighted by Gasteiger charge is -2.23. The summed E-state index contributed by atoms with van der Waals surface area (Å²) in [6.45, 7) is 3.09. The molecular formula is C18H22N4O2. The number of hydrogen-bond acceptors (Lipinski definition) is 5. The fraction of sp³-hybridized carbons (Fsp3) is 0.556. The van der Waals surface area contributed by atoms with E-state index in [1.165, 1.54) is 19.3 Å². The summed E-state index contributed by atoms with van der Waals surface area (Å²) >= 11 is 0. The van der Waals surface area contributed by atoms with Crippen LogP contribution in [0.25, 0.3) is 11.0 Å². The maximum atomic E-state index is 12.5. The van der Waals surface area contributed by atoms with E-state index in [4.69, 9.17) is 4.42 Å². The van der Waals surface area contributed by atoms with Gasteiger partial charge in [0.15, 0.2) is 5.88 Å². The number of pyridine rings is 1. The molecule has 1 amide bonds. The fourth-order valence-corrected chi connectivity index (χ4v) is 4.39. The van der Waals surface area contributed by atoms with Gasteiger partial charge in [0, 0.05) is 55.4 Å². The lowest BCUT2D eigenvalue weighted by atomic mass is 10.0. The average Bonchev–Trinajstić information content (AvgIpc) is 3.35. The van der Waals surface area contributed by atoms with E-state index in [9.17, 15) is 4.79 Å². The molecule has 2 bridgehead atoms. The summed E-state index contributed by atoms with van der Waals surface area (Å²) in [6.07, 6.45) is 6.37. The summed E-state index contributed by atoms with van der Waals surface area (Å²) in [4.78, 5) is 19.1. The number of fused-ring (bicyclic) bond motifs is 3. The minimum atomic E-state index is -0.0893. The molecule has 1 saturated carbocycles. The van der Waals surface area contributed by atoms with Gasteiger partial charge >= 0.3 is 0 Å². The minimum absolute atomic E-state index is 0.0893. The summed E-state index contributed by atoms with van der Waals surface area (Å²) in [7, 11) is 0. The molecule has 6 nitrogen and oxygen atoms in total. The van der Waals surface area contributed by atoms with Crippen molar-refractivity contribution in [3.05, 3.63) is 24.0 Å². The molecule has 3 unspecified atom stereocenters. The van der Waals surface area contributed by atoms with E-state index in [-0.39, 0.29) is 11.9 Å². The van der Waals surface area contributed by atoms with Crippen LogP contribution in [-0.2, 0) is 0 Å². The predicted molar refractivity (Wildman–Crippen MR) is 91.2 cm³/mol. The Bertz CT molecular complexity index is 780. The number of aromatic nitrogens is 1. The van der Waals surface area contributed by atoms with Crippen molar-refractivity contribution in [2.75, 3.05) is 24.5 Å². The monoisotopic (exact) mass is 326 g/mol. The van der Waals surface area contributed by atoms with Gasteiger partial charge in [0.25, 0.3) is 5.91 Å². The first-order valence-corrected chi connectivity index (χ1v) is 8.95. The quantitative estimate of drug-likeness (QED) is 0.902. The number of furan rings is 1. The van der Waals surface area contributed by atoms with Gasteiger partial charge in [0.05, 0.1) is 0 Å². The molecule has 126 valence electrons. The molecule has 2 aromatic heterocycles. The third kappa shape index (κ3) is 2.36. The highest BCUT2D eigenvalue weighted by atomic mass is 16.4. The van der Waals surface area contributed by atoms with Gasteiger partial charge in [-0.15, -0.1) is 0 Å². The van der Waals surface area contributed by atoms with Crippen molar-refractivity contribution in [1.82, 2.24) is 15.6 Å². The fourth-order valence-electron chi connectivity index (χ4n) is 4.39. The topological polar surface area (TPSA) is 70.4 Å². The standard InChI is InChI=1S/C18H22N4O2/c23-18(21-14-7-13-5-11(14)9-19-13)15-8-16-12(10-20-15)6-17(24-16)22-3-1-2-4-22/h6,8,10-11,13-14,19H,1-5,7,9H2,(H,21,23). The Hall–Kier alpha value is -2.08. The van der Waals surface area contributed by atoms with Crippen molar-refractivity contribution in [1.29, 1.82) is 0 Å². The molecule has 6 heteroatoms. The Labute approximate surface area is 140 Å². The van der Waals surface area contributed by atoms with Gasteiger partial charge in [-0.1, -0.05) is 0 Å². The van der Waals surface area contributed by atoms with Crippen molar-refractivity contribution < 1.29 is 9.21 Å². The van der Waals surface area contributed by atoms with Crippen LogP contribution in [-0.4, -0.2) is 42.6 Å². The molecule has 24 heavy (non-hydrogen) atoms. The van der Waals surface area contributed by atoms with Crippen molar-refractivity contribution in [3.8, 4) is 0 Å². The molecule has 2 saturated heterocycles. The van der Waals surface area contributed by atoms with Gasteiger partial charge in [0.1, 0.15) is 11.3 Å². The second-order valence-corrected chi connectivity index (χ2v) is 7.30.